The summed E-state index contributed by atoms with van der Waals surface area (Å²) in [6.07, 6.45) is 2.98. The molecule has 1 heterocycles. The minimum absolute atomic E-state index is 0.284. The number of para-hydroxylation sites is 2. The van der Waals surface area contributed by atoms with E-state index in [1.807, 2.05) is 30.3 Å². The number of hydrazine groups is 1. The van der Waals surface area contributed by atoms with Gasteiger partial charge in [-0.05, 0) is 24.3 Å². The highest BCUT2D eigenvalue weighted by Crippen LogP contribution is 2.22. The minimum Gasteiger partial charge on any atom is -0.482 e. The third-order valence-electron chi connectivity index (χ3n) is 3.38. The van der Waals surface area contributed by atoms with Gasteiger partial charge in [-0.25, -0.2) is 4.68 Å². The van der Waals surface area contributed by atoms with Crippen molar-refractivity contribution in [1.29, 1.82) is 0 Å². The molecule has 2 N–H and O–H groups in total. The highest BCUT2D eigenvalue weighted by molar-refractivity contribution is 6.32. The van der Waals surface area contributed by atoms with E-state index in [1.165, 1.54) is 6.20 Å². The molecular weight excluding hydrogens is 356 g/mol. The van der Waals surface area contributed by atoms with Crippen LogP contribution in [0.2, 0.25) is 5.02 Å². The van der Waals surface area contributed by atoms with Crippen LogP contribution in [-0.2, 0) is 4.79 Å². The Morgan fingerprint density at radius 3 is 2.54 bits per heavy atom. The Bertz CT molecular complexity index is 912. The first kappa shape index (κ1) is 17.5. The van der Waals surface area contributed by atoms with Gasteiger partial charge < -0.3 is 4.74 Å². The van der Waals surface area contributed by atoms with Crippen molar-refractivity contribution >= 4 is 23.4 Å². The third kappa shape index (κ3) is 4.40. The summed E-state index contributed by atoms with van der Waals surface area (Å²) in [4.78, 5) is 23.9. The van der Waals surface area contributed by atoms with Crippen LogP contribution in [0, 0.1) is 0 Å². The lowest BCUT2D eigenvalue weighted by Crippen LogP contribution is -2.43. The number of nitrogens with one attached hydrogen (secondary N) is 2. The van der Waals surface area contributed by atoms with Gasteiger partial charge in [0.2, 0.25) is 0 Å². The number of hydrogen-bond donors (Lipinski definition) is 2. The molecule has 0 aliphatic heterocycles. The first-order chi connectivity index (χ1) is 12.6. The van der Waals surface area contributed by atoms with Crippen molar-refractivity contribution in [3.8, 4) is 11.4 Å². The Morgan fingerprint density at radius 1 is 1.04 bits per heavy atom. The maximum atomic E-state index is 12.1. The molecule has 0 fully saturated rings. The number of rotatable bonds is 5. The zero-order valence-corrected chi connectivity index (χ0v) is 14.3. The molecule has 2 aromatic carbocycles. The monoisotopic (exact) mass is 370 g/mol. The number of nitrogens with zero attached hydrogens (tertiary/aromatic N) is 2. The number of aromatic nitrogens is 2. The summed E-state index contributed by atoms with van der Waals surface area (Å²) in [7, 11) is 0. The van der Waals surface area contributed by atoms with Crippen molar-refractivity contribution in [2.75, 3.05) is 6.61 Å². The van der Waals surface area contributed by atoms with Gasteiger partial charge in [-0.15, -0.1) is 0 Å². The molecule has 0 spiro atoms. The van der Waals surface area contributed by atoms with Crippen LogP contribution in [-0.4, -0.2) is 28.2 Å². The predicted molar refractivity (Wildman–Crippen MR) is 96.1 cm³/mol. The molecule has 3 rings (SSSR count). The van der Waals surface area contributed by atoms with Gasteiger partial charge in [0.1, 0.15) is 5.75 Å². The molecule has 8 heteroatoms. The molecular formula is C18H15ClN4O3. The summed E-state index contributed by atoms with van der Waals surface area (Å²) in [5.74, 6) is -0.619. The summed E-state index contributed by atoms with van der Waals surface area (Å²) in [6.45, 7) is -0.284. The lowest BCUT2D eigenvalue weighted by atomic mass is 10.3. The molecule has 26 heavy (non-hydrogen) atoms. The molecule has 0 bridgehead atoms. The van der Waals surface area contributed by atoms with Crippen LogP contribution < -0.4 is 15.6 Å². The molecule has 132 valence electrons. The maximum absolute atomic E-state index is 12.1. The van der Waals surface area contributed by atoms with E-state index in [2.05, 4.69) is 16.0 Å². The Morgan fingerprint density at radius 2 is 1.77 bits per heavy atom. The second kappa shape index (κ2) is 8.17. The first-order valence-corrected chi connectivity index (χ1v) is 8.08. The largest absolute Gasteiger partial charge is 0.482 e. The highest BCUT2D eigenvalue weighted by atomic mass is 35.5. The standard InChI is InChI=1S/C18H15ClN4O3/c19-15-8-4-5-9-16(15)26-12-17(24)21-22-18(25)13-10-20-23(11-13)14-6-2-1-3-7-14/h1-11H,12H2,(H,21,24)(H,22,25). The van der Waals surface area contributed by atoms with Crippen LogP contribution in [0.25, 0.3) is 5.69 Å². The van der Waals surface area contributed by atoms with Gasteiger partial charge in [0.15, 0.2) is 6.61 Å². The van der Waals surface area contributed by atoms with Gasteiger partial charge in [0.05, 0.1) is 22.5 Å². The topological polar surface area (TPSA) is 85.2 Å². The van der Waals surface area contributed by atoms with E-state index >= 15 is 0 Å². The van der Waals surface area contributed by atoms with E-state index in [0.29, 0.717) is 16.3 Å². The average Bonchev–Trinajstić information content (AvgIpc) is 3.16. The molecule has 2 amide bonds. The molecule has 7 nitrogen and oxygen atoms in total. The summed E-state index contributed by atoms with van der Waals surface area (Å²) in [5.41, 5.74) is 5.72. The van der Waals surface area contributed by atoms with Crippen molar-refractivity contribution in [2.45, 2.75) is 0 Å². The fraction of sp³-hybridized carbons (Fsp3) is 0.0556. The average molecular weight is 371 g/mol. The van der Waals surface area contributed by atoms with Gasteiger partial charge in [0.25, 0.3) is 11.8 Å². The Labute approximate surface area is 154 Å². The van der Waals surface area contributed by atoms with E-state index in [-0.39, 0.29) is 6.61 Å². The fourth-order valence-electron chi connectivity index (χ4n) is 2.10. The first-order valence-electron chi connectivity index (χ1n) is 7.70. The molecule has 0 saturated carbocycles. The number of ether oxygens (including phenoxy) is 1. The normalized spacial score (nSPS) is 10.2. The number of benzene rings is 2. The lowest BCUT2D eigenvalue weighted by molar-refractivity contribution is -0.123. The number of halogens is 1. The second-order valence-electron chi connectivity index (χ2n) is 5.23. The van der Waals surface area contributed by atoms with Gasteiger partial charge in [0, 0.05) is 6.20 Å². The molecule has 1 aromatic heterocycles. The zero-order chi connectivity index (χ0) is 18.4. The van der Waals surface area contributed by atoms with Crippen molar-refractivity contribution in [3.05, 3.63) is 77.6 Å². The number of carbonyl (C=O) groups excluding carboxylic acids is 2. The highest BCUT2D eigenvalue weighted by Gasteiger charge is 2.11. The van der Waals surface area contributed by atoms with Crippen LogP contribution in [0.1, 0.15) is 10.4 Å². The van der Waals surface area contributed by atoms with Gasteiger partial charge >= 0.3 is 0 Å². The maximum Gasteiger partial charge on any atom is 0.276 e. The number of amides is 2. The zero-order valence-electron chi connectivity index (χ0n) is 13.6. The molecule has 3 aromatic rings. The van der Waals surface area contributed by atoms with Crippen LogP contribution in [0.15, 0.2) is 67.0 Å². The summed E-state index contributed by atoms with van der Waals surface area (Å²) >= 11 is 5.93. The lowest BCUT2D eigenvalue weighted by Gasteiger charge is -2.09. The molecule has 0 aliphatic rings. The molecule has 0 saturated heterocycles. The summed E-state index contributed by atoms with van der Waals surface area (Å²) in [6, 6.07) is 16.2. The van der Waals surface area contributed by atoms with Crippen LogP contribution in [0.5, 0.6) is 5.75 Å². The van der Waals surface area contributed by atoms with Gasteiger partial charge in [-0.3, -0.25) is 20.4 Å². The van der Waals surface area contributed by atoms with Crippen molar-refractivity contribution in [3.63, 3.8) is 0 Å². The van der Waals surface area contributed by atoms with Crippen LogP contribution >= 0.6 is 11.6 Å². The number of hydrogen-bond acceptors (Lipinski definition) is 4. The van der Waals surface area contributed by atoms with Crippen LogP contribution in [0.3, 0.4) is 0 Å². The summed E-state index contributed by atoms with van der Waals surface area (Å²) < 4.78 is 6.85. The van der Waals surface area contributed by atoms with E-state index in [9.17, 15) is 9.59 Å². The third-order valence-corrected chi connectivity index (χ3v) is 3.69. The Balaban J connectivity index is 1.50. The van der Waals surface area contributed by atoms with E-state index in [1.54, 1.807) is 35.1 Å². The predicted octanol–water partition coefficient (Wildman–Crippen LogP) is 2.37. The summed E-state index contributed by atoms with van der Waals surface area (Å²) in [5, 5.41) is 4.52. The SMILES string of the molecule is O=C(COc1ccccc1Cl)NNC(=O)c1cnn(-c2ccccc2)c1. The smallest absolute Gasteiger partial charge is 0.276 e. The van der Waals surface area contributed by atoms with E-state index < -0.39 is 11.8 Å². The molecule has 0 unspecified atom stereocenters. The Hall–Kier alpha value is -3.32. The van der Waals surface area contributed by atoms with Crippen molar-refractivity contribution in [2.24, 2.45) is 0 Å². The molecule has 0 radical (unpaired) electrons. The fourth-order valence-corrected chi connectivity index (χ4v) is 2.29. The molecule has 0 atom stereocenters. The quantitative estimate of drug-likeness (QED) is 0.675. The minimum atomic E-state index is -0.520. The molecule has 0 aliphatic carbocycles. The van der Waals surface area contributed by atoms with Crippen molar-refractivity contribution < 1.29 is 14.3 Å². The van der Waals surface area contributed by atoms with Crippen molar-refractivity contribution in [1.82, 2.24) is 20.6 Å². The van der Waals surface area contributed by atoms with Crippen LogP contribution in [0.4, 0.5) is 0 Å². The Kier molecular flexibility index (Phi) is 5.50. The van der Waals surface area contributed by atoms with Gasteiger partial charge in [-0.2, -0.15) is 5.10 Å². The number of carbonyl (C=O) groups is 2. The van der Waals surface area contributed by atoms with Gasteiger partial charge in [-0.1, -0.05) is 41.9 Å². The van der Waals surface area contributed by atoms with E-state index in [0.717, 1.165) is 5.69 Å². The van der Waals surface area contributed by atoms with E-state index in [4.69, 9.17) is 16.3 Å². The second-order valence-corrected chi connectivity index (χ2v) is 5.64.